The number of carbonyl (C=O) groups excluding carboxylic acids is 1. The highest BCUT2D eigenvalue weighted by molar-refractivity contribution is 7.89. The lowest BCUT2D eigenvalue weighted by molar-refractivity contribution is 0.0924. The number of halogens is 1. The molecular formula is C24H30ClN3O4S. The lowest BCUT2D eigenvalue weighted by Crippen LogP contribution is -2.40. The van der Waals surface area contributed by atoms with Crippen molar-refractivity contribution in [3.05, 3.63) is 58.6 Å². The van der Waals surface area contributed by atoms with Crippen LogP contribution in [0.5, 0.6) is 5.75 Å². The first-order chi connectivity index (χ1) is 15.9. The Kier molecular flexibility index (Phi) is 7.58. The van der Waals surface area contributed by atoms with E-state index in [2.05, 4.69) is 14.9 Å². The normalized spacial score (nSPS) is 18.0. The van der Waals surface area contributed by atoms with Gasteiger partial charge in [0.25, 0.3) is 5.91 Å². The minimum absolute atomic E-state index is 0.0205. The molecule has 2 N–H and O–H groups in total. The summed E-state index contributed by atoms with van der Waals surface area (Å²) in [4.78, 5) is 15.3. The molecule has 2 fully saturated rings. The third-order valence-corrected chi connectivity index (χ3v) is 8.17. The second kappa shape index (κ2) is 10.4. The average Bonchev–Trinajstić information content (AvgIpc) is 3.63. The highest BCUT2D eigenvalue weighted by atomic mass is 35.5. The van der Waals surface area contributed by atoms with E-state index in [4.69, 9.17) is 16.3 Å². The molecule has 0 unspecified atom stereocenters. The number of sulfonamides is 1. The SMILES string of the molecule is COc1ccc([C@H](CNC(=O)c2ccc(Cl)c(S(=O)(=O)NC3CC3)c2)N2CCCCC2)cc1. The Hall–Kier alpha value is -2.13. The number of likely N-dealkylation sites (tertiary alicyclic amines) is 1. The number of piperidine rings is 1. The first-order valence-electron chi connectivity index (χ1n) is 11.4. The van der Waals surface area contributed by atoms with Gasteiger partial charge in [-0.25, -0.2) is 13.1 Å². The molecule has 0 radical (unpaired) electrons. The Bertz CT molecular complexity index is 1080. The molecule has 1 aliphatic carbocycles. The van der Waals surface area contributed by atoms with Crippen LogP contribution in [0.15, 0.2) is 47.4 Å². The van der Waals surface area contributed by atoms with E-state index < -0.39 is 10.0 Å². The van der Waals surface area contributed by atoms with Crippen molar-refractivity contribution in [2.24, 2.45) is 0 Å². The van der Waals surface area contributed by atoms with Gasteiger partial charge in [-0.3, -0.25) is 9.69 Å². The van der Waals surface area contributed by atoms with Crippen LogP contribution in [0.4, 0.5) is 0 Å². The van der Waals surface area contributed by atoms with Gasteiger partial charge in [0.15, 0.2) is 0 Å². The van der Waals surface area contributed by atoms with Gasteiger partial charge in [-0.15, -0.1) is 0 Å². The second-order valence-corrected chi connectivity index (χ2v) is 10.7. The monoisotopic (exact) mass is 491 g/mol. The topological polar surface area (TPSA) is 87.7 Å². The van der Waals surface area contributed by atoms with E-state index in [0.29, 0.717) is 6.54 Å². The van der Waals surface area contributed by atoms with E-state index in [1.807, 2.05) is 24.3 Å². The summed E-state index contributed by atoms with van der Waals surface area (Å²) in [5, 5.41) is 3.11. The fraction of sp³-hybridized carbons (Fsp3) is 0.458. The summed E-state index contributed by atoms with van der Waals surface area (Å²) in [7, 11) is -2.13. The van der Waals surface area contributed by atoms with Crippen molar-refractivity contribution in [1.82, 2.24) is 14.9 Å². The Labute approximate surface area is 200 Å². The van der Waals surface area contributed by atoms with Crippen LogP contribution in [-0.2, 0) is 10.0 Å². The standard InChI is InChI=1S/C24H30ClN3O4S/c1-32-20-10-5-17(6-11-20)22(28-13-3-2-4-14-28)16-26-24(29)18-7-12-21(25)23(15-18)33(30,31)27-19-8-9-19/h5-7,10-12,15,19,22,27H,2-4,8-9,13-14,16H2,1H3,(H,26,29)/t22-/m0/s1. The van der Waals surface area contributed by atoms with Gasteiger partial charge in [0.2, 0.25) is 10.0 Å². The third kappa shape index (κ3) is 6.06. The number of methoxy groups -OCH3 is 1. The van der Waals surface area contributed by atoms with Crippen LogP contribution in [0, 0.1) is 0 Å². The molecule has 1 saturated carbocycles. The predicted molar refractivity (Wildman–Crippen MR) is 128 cm³/mol. The molecule has 2 aromatic rings. The number of hydrogen-bond donors (Lipinski definition) is 2. The van der Waals surface area contributed by atoms with Crippen molar-refractivity contribution in [1.29, 1.82) is 0 Å². The number of nitrogens with zero attached hydrogens (tertiary/aromatic N) is 1. The van der Waals surface area contributed by atoms with Gasteiger partial charge in [0, 0.05) is 18.2 Å². The molecule has 0 aromatic heterocycles. The first-order valence-corrected chi connectivity index (χ1v) is 13.2. The molecule has 1 aliphatic heterocycles. The van der Waals surface area contributed by atoms with Crippen molar-refractivity contribution in [3.8, 4) is 5.75 Å². The Morgan fingerprint density at radius 3 is 2.45 bits per heavy atom. The van der Waals surface area contributed by atoms with Crippen molar-refractivity contribution in [2.45, 2.75) is 49.1 Å². The van der Waals surface area contributed by atoms with Crippen molar-refractivity contribution < 1.29 is 17.9 Å². The number of amides is 1. The molecule has 9 heteroatoms. The van der Waals surface area contributed by atoms with Crippen LogP contribution in [0.1, 0.15) is 54.1 Å². The Morgan fingerprint density at radius 2 is 1.82 bits per heavy atom. The summed E-state index contributed by atoms with van der Waals surface area (Å²) < 4.78 is 33.2. The van der Waals surface area contributed by atoms with Crippen LogP contribution in [0.2, 0.25) is 5.02 Å². The number of ether oxygens (including phenoxy) is 1. The summed E-state index contributed by atoms with van der Waals surface area (Å²) in [6, 6.07) is 12.3. The highest BCUT2D eigenvalue weighted by Crippen LogP contribution is 2.28. The molecule has 0 bridgehead atoms. The minimum atomic E-state index is -3.76. The molecule has 1 atom stereocenters. The molecule has 1 amide bonds. The maximum absolute atomic E-state index is 13.0. The van der Waals surface area contributed by atoms with Gasteiger partial charge in [0.05, 0.1) is 18.2 Å². The van der Waals surface area contributed by atoms with E-state index >= 15 is 0 Å². The van der Waals surface area contributed by atoms with E-state index in [-0.39, 0.29) is 33.5 Å². The molecule has 178 valence electrons. The molecular weight excluding hydrogens is 462 g/mol. The fourth-order valence-corrected chi connectivity index (χ4v) is 5.97. The maximum Gasteiger partial charge on any atom is 0.251 e. The zero-order chi connectivity index (χ0) is 23.4. The lowest BCUT2D eigenvalue weighted by atomic mass is 10.0. The van der Waals surface area contributed by atoms with Crippen LogP contribution in [0.3, 0.4) is 0 Å². The smallest absolute Gasteiger partial charge is 0.251 e. The van der Waals surface area contributed by atoms with E-state index in [0.717, 1.165) is 50.1 Å². The lowest BCUT2D eigenvalue weighted by Gasteiger charge is -2.35. The quantitative estimate of drug-likeness (QED) is 0.558. The number of rotatable bonds is 9. The van der Waals surface area contributed by atoms with Gasteiger partial charge >= 0.3 is 0 Å². The number of benzene rings is 2. The van der Waals surface area contributed by atoms with Crippen LogP contribution < -0.4 is 14.8 Å². The maximum atomic E-state index is 13.0. The summed E-state index contributed by atoms with van der Waals surface area (Å²) in [5.41, 5.74) is 1.37. The molecule has 2 aromatic carbocycles. The van der Waals surface area contributed by atoms with Crippen molar-refractivity contribution in [3.63, 3.8) is 0 Å². The average molecular weight is 492 g/mol. The molecule has 2 aliphatic rings. The molecule has 33 heavy (non-hydrogen) atoms. The summed E-state index contributed by atoms with van der Waals surface area (Å²) in [5.74, 6) is 0.458. The van der Waals surface area contributed by atoms with Crippen LogP contribution in [-0.4, -0.2) is 52.0 Å². The zero-order valence-corrected chi connectivity index (χ0v) is 20.3. The number of nitrogens with one attached hydrogen (secondary N) is 2. The van der Waals surface area contributed by atoms with Crippen molar-refractivity contribution >= 4 is 27.5 Å². The van der Waals surface area contributed by atoms with Crippen molar-refractivity contribution in [2.75, 3.05) is 26.7 Å². The Morgan fingerprint density at radius 1 is 1.12 bits per heavy atom. The third-order valence-electron chi connectivity index (χ3n) is 6.17. The number of carbonyl (C=O) groups is 1. The molecule has 7 nitrogen and oxygen atoms in total. The van der Waals surface area contributed by atoms with Gasteiger partial charge < -0.3 is 10.1 Å². The minimum Gasteiger partial charge on any atom is -0.497 e. The largest absolute Gasteiger partial charge is 0.497 e. The van der Waals surface area contributed by atoms with Gasteiger partial charge in [-0.2, -0.15) is 0 Å². The summed E-state index contributed by atoms with van der Waals surface area (Å²) in [6.07, 6.45) is 5.12. The molecule has 1 heterocycles. The van der Waals surface area contributed by atoms with Crippen LogP contribution in [0.25, 0.3) is 0 Å². The first kappa shape index (κ1) is 24.0. The van der Waals surface area contributed by atoms with Crippen LogP contribution >= 0.6 is 11.6 Å². The van der Waals surface area contributed by atoms with E-state index in [1.54, 1.807) is 13.2 Å². The highest BCUT2D eigenvalue weighted by Gasteiger charge is 2.30. The fourth-order valence-electron chi connectivity index (χ4n) is 4.14. The summed E-state index contributed by atoms with van der Waals surface area (Å²) >= 11 is 6.16. The predicted octanol–water partition coefficient (Wildman–Crippen LogP) is 3.75. The Balaban J connectivity index is 1.50. The zero-order valence-electron chi connectivity index (χ0n) is 18.7. The van der Waals surface area contributed by atoms with Gasteiger partial charge in [-0.05, 0) is 74.7 Å². The van der Waals surface area contributed by atoms with Gasteiger partial charge in [0.1, 0.15) is 10.6 Å². The molecule has 4 rings (SSSR count). The second-order valence-electron chi connectivity index (χ2n) is 8.64. The van der Waals surface area contributed by atoms with E-state index in [1.165, 1.54) is 18.6 Å². The number of hydrogen-bond acceptors (Lipinski definition) is 5. The molecule has 1 saturated heterocycles. The summed E-state index contributed by atoms with van der Waals surface area (Å²) in [6.45, 7) is 2.36. The van der Waals surface area contributed by atoms with E-state index in [9.17, 15) is 13.2 Å². The molecule has 0 spiro atoms. The van der Waals surface area contributed by atoms with Gasteiger partial charge in [-0.1, -0.05) is 30.2 Å².